The van der Waals surface area contributed by atoms with E-state index in [0.717, 1.165) is 13.1 Å². The molecule has 0 atom stereocenters. The zero-order valence-electron chi connectivity index (χ0n) is 20.1. The van der Waals surface area contributed by atoms with E-state index in [1.54, 1.807) is 54.7 Å². The molecule has 1 amide bonds. The number of alkyl halides is 2. The third-order valence-corrected chi connectivity index (χ3v) is 6.17. The van der Waals surface area contributed by atoms with Gasteiger partial charge >= 0.3 is 0 Å². The molecule has 0 spiro atoms. The van der Waals surface area contributed by atoms with Gasteiger partial charge in [0.15, 0.2) is 0 Å². The molecule has 0 radical (unpaired) electrons. The fraction of sp³-hybridized carbons (Fsp3) is 0.296. The highest BCUT2D eigenvalue weighted by Crippen LogP contribution is 2.34. The van der Waals surface area contributed by atoms with Crippen LogP contribution in [-0.2, 0) is 16.0 Å². The summed E-state index contributed by atoms with van der Waals surface area (Å²) in [5.41, 5.74) is 2.01. The van der Waals surface area contributed by atoms with Gasteiger partial charge in [0, 0.05) is 37.0 Å². The minimum absolute atomic E-state index is 0.0653. The standard InChI is InChI=1S/C27H27F2N5O3/c28-26(29)21-17-19(37-15-12-34-10-13-36-14-11-34)7-8-20(21)27-31-22-5-3-4-18(25(22)33-27)16-24(35)32-23-6-1-2-9-30-23/h1-9,17,26H,10-16H2,(H,31,33)(H,30,32,35). The molecule has 5 rings (SSSR count). The van der Waals surface area contributed by atoms with Gasteiger partial charge in [-0.1, -0.05) is 18.2 Å². The van der Waals surface area contributed by atoms with Crippen LogP contribution in [0.4, 0.5) is 14.6 Å². The summed E-state index contributed by atoms with van der Waals surface area (Å²) in [5, 5.41) is 2.75. The van der Waals surface area contributed by atoms with Crippen LogP contribution in [0.1, 0.15) is 17.6 Å². The van der Waals surface area contributed by atoms with Crippen molar-refractivity contribution < 1.29 is 23.0 Å². The van der Waals surface area contributed by atoms with Gasteiger partial charge in [-0.25, -0.2) is 18.7 Å². The number of para-hydroxylation sites is 1. The van der Waals surface area contributed by atoms with Gasteiger partial charge in [-0.2, -0.15) is 0 Å². The number of morpholine rings is 1. The molecular formula is C27H27F2N5O3. The maximum Gasteiger partial charge on any atom is 0.264 e. The fourth-order valence-corrected chi connectivity index (χ4v) is 4.30. The molecule has 1 fully saturated rings. The molecule has 3 heterocycles. The van der Waals surface area contributed by atoms with E-state index in [1.165, 1.54) is 6.07 Å². The summed E-state index contributed by atoms with van der Waals surface area (Å²) in [7, 11) is 0. The number of imidazole rings is 1. The lowest BCUT2D eigenvalue weighted by Crippen LogP contribution is -2.38. The van der Waals surface area contributed by atoms with Crippen LogP contribution in [0.5, 0.6) is 5.75 Å². The minimum Gasteiger partial charge on any atom is -0.492 e. The number of pyridine rings is 1. The summed E-state index contributed by atoms with van der Waals surface area (Å²) in [6.45, 7) is 4.16. The average Bonchev–Trinajstić information content (AvgIpc) is 3.35. The van der Waals surface area contributed by atoms with Crippen LogP contribution in [0.25, 0.3) is 22.4 Å². The number of hydrogen-bond donors (Lipinski definition) is 2. The Balaban J connectivity index is 1.33. The van der Waals surface area contributed by atoms with Gasteiger partial charge in [-0.05, 0) is 42.0 Å². The Bertz CT molecular complexity index is 1360. The lowest BCUT2D eigenvalue weighted by atomic mass is 10.1. The SMILES string of the molecule is O=C(Cc1cccc2[nH]c(-c3ccc(OCCN4CCOCC4)cc3C(F)F)nc12)Nc1ccccn1. The molecule has 1 saturated heterocycles. The van der Waals surface area contributed by atoms with Gasteiger partial charge in [0.2, 0.25) is 5.91 Å². The van der Waals surface area contributed by atoms with Crippen molar-refractivity contribution in [2.75, 3.05) is 44.8 Å². The normalized spacial score (nSPS) is 14.2. The number of anilines is 1. The molecule has 0 bridgehead atoms. The Labute approximate surface area is 212 Å². The van der Waals surface area contributed by atoms with Crippen molar-refractivity contribution in [2.45, 2.75) is 12.8 Å². The van der Waals surface area contributed by atoms with Crippen LogP contribution in [0.2, 0.25) is 0 Å². The van der Waals surface area contributed by atoms with Crippen LogP contribution in [0.3, 0.4) is 0 Å². The molecule has 0 aliphatic carbocycles. The van der Waals surface area contributed by atoms with Gasteiger partial charge in [-0.3, -0.25) is 9.69 Å². The number of H-pyrrole nitrogens is 1. The second-order valence-corrected chi connectivity index (χ2v) is 8.69. The van der Waals surface area contributed by atoms with E-state index in [1.807, 2.05) is 0 Å². The van der Waals surface area contributed by atoms with Crippen molar-refractivity contribution in [2.24, 2.45) is 0 Å². The van der Waals surface area contributed by atoms with E-state index >= 15 is 0 Å². The van der Waals surface area contributed by atoms with Gasteiger partial charge < -0.3 is 19.8 Å². The molecular weight excluding hydrogens is 480 g/mol. The van der Waals surface area contributed by atoms with Crippen molar-refractivity contribution >= 4 is 22.8 Å². The quantitative estimate of drug-likeness (QED) is 0.348. The number of amides is 1. The Morgan fingerprint density at radius 3 is 2.78 bits per heavy atom. The first-order chi connectivity index (χ1) is 18.1. The van der Waals surface area contributed by atoms with Crippen LogP contribution >= 0.6 is 0 Å². The fourth-order valence-electron chi connectivity index (χ4n) is 4.30. The molecule has 2 aromatic carbocycles. The highest BCUT2D eigenvalue weighted by atomic mass is 19.3. The Hall–Kier alpha value is -3.89. The molecule has 4 aromatic rings. The van der Waals surface area contributed by atoms with E-state index in [4.69, 9.17) is 9.47 Å². The largest absolute Gasteiger partial charge is 0.492 e. The number of rotatable bonds is 9. The number of carbonyl (C=O) groups excluding carboxylic acids is 1. The number of nitrogens with zero attached hydrogens (tertiary/aromatic N) is 3. The smallest absolute Gasteiger partial charge is 0.264 e. The number of nitrogens with one attached hydrogen (secondary N) is 2. The first-order valence-corrected chi connectivity index (χ1v) is 12.1. The highest BCUT2D eigenvalue weighted by Gasteiger charge is 2.20. The first-order valence-electron chi connectivity index (χ1n) is 12.1. The predicted octanol–water partition coefficient (Wildman–Crippen LogP) is 4.45. The van der Waals surface area contributed by atoms with E-state index in [2.05, 4.69) is 25.2 Å². The second kappa shape index (κ2) is 11.4. The maximum atomic E-state index is 14.0. The van der Waals surface area contributed by atoms with Gasteiger partial charge in [-0.15, -0.1) is 0 Å². The van der Waals surface area contributed by atoms with Crippen molar-refractivity contribution in [3.8, 4) is 17.1 Å². The second-order valence-electron chi connectivity index (χ2n) is 8.69. The number of aromatic amines is 1. The van der Waals surface area contributed by atoms with Crippen LogP contribution in [0, 0.1) is 0 Å². The lowest BCUT2D eigenvalue weighted by molar-refractivity contribution is -0.115. The molecule has 192 valence electrons. The first kappa shape index (κ1) is 24.8. The summed E-state index contributed by atoms with van der Waals surface area (Å²) in [4.78, 5) is 26.6. The van der Waals surface area contributed by atoms with Crippen LogP contribution < -0.4 is 10.1 Å². The predicted molar refractivity (Wildman–Crippen MR) is 136 cm³/mol. The molecule has 37 heavy (non-hydrogen) atoms. The third-order valence-electron chi connectivity index (χ3n) is 6.17. The lowest BCUT2D eigenvalue weighted by Gasteiger charge is -2.26. The number of ether oxygens (including phenoxy) is 2. The molecule has 2 aromatic heterocycles. The summed E-state index contributed by atoms with van der Waals surface area (Å²) >= 11 is 0. The molecule has 1 aliphatic heterocycles. The topological polar surface area (TPSA) is 92.4 Å². The number of halogens is 2. The highest BCUT2D eigenvalue weighted by molar-refractivity contribution is 5.94. The van der Waals surface area contributed by atoms with Gasteiger partial charge in [0.25, 0.3) is 6.43 Å². The zero-order valence-corrected chi connectivity index (χ0v) is 20.1. The van der Waals surface area contributed by atoms with Crippen molar-refractivity contribution in [3.05, 3.63) is 71.9 Å². The third kappa shape index (κ3) is 6.10. The molecule has 10 heteroatoms. The molecule has 8 nitrogen and oxygen atoms in total. The number of carbonyl (C=O) groups is 1. The van der Waals surface area contributed by atoms with Crippen molar-refractivity contribution in [3.63, 3.8) is 0 Å². The van der Waals surface area contributed by atoms with Gasteiger partial charge in [0.1, 0.15) is 24.0 Å². The summed E-state index contributed by atoms with van der Waals surface area (Å²) in [6.07, 6.45) is -1.05. The zero-order chi connectivity index (χ0) is 25.6. The number of hydrogen-bond acceptors (Lipinski definition) is 6. The molecule has 0 unspecified atom stereocenters. The number of benzene rings is 2. The monoisotopic (exact) mass is 507 g/mol. The van der Waals surface area contributed by atoms with Crippen LogP contribution in [-0.4, -0.2) is 65.2 Å². The Kier molecular flexibility index (Phi) is 7.67. The maximum absolute atomic E-state index is 14.0. The van der Waals surface area contributed by atoms with Crippen LogP contribution in [0.15, 0.2) is 60.8 Å². The van der Waals surface area contributed by atoms with E-state index < -0.39 is 6.43 Å². The summed E-state index contributed by atoms with van der Waals surface area (Å²) in [6, 6.07) is 15.3. The molecule has 1 aliphatic rings. The number of aromatic nitrogens is 3. The average molecular weight is 508 g/mol. The van der Waals surface area contributed by atoms with E-state index in [9.17, 15) is 13.6 Å². The van der Waals surface area contributed by atoms with Crippen molar-refractivity contribution in [1.82, 2.24) is 19.9 Å². The van der Waals surface area contributed by atoms with E-state index in [0.29, 0.717) is 60.4 Å². The Morgan fingerprint density at radius 1 is 1.14 bits per heavy atom. The summed E-state index contributed by atoms with van der Waals surface area (Å²) in [5.74, 6) is 0.900. The molecule has 2 N–H and O–H groups in total. The van der Waals surface area contributed by atoms with Crippen molar-refractivity contribution in [1.29, 1.82) is 0 Å². The minimum atomic E-state index is -2.71. The Morgan fingerprint density at radius 2 is 2.00 bits per heavy atom. The summed E-state index contributed by atoms with van der Waals surface area (Å²) < 4.78 is 39.2. The molecule has 0 saturated carbocycles. The number of fused-ring (bicyclic) bond motifs is 1. The van der Waals surface area contributed by atoms with Gasteiger partial charge in [0.05, 0.1) is 30.7 Å². The van der Waals surface area contributed by atoms with E-state index in [-0.39, 0.29) is 23.5 Å².